The maximum atomic E-state index is 11.8. The van der Waals surface area contributed by atoms with Crippen LogP contribution in [0.3, 0.4) is 0 Å². The first-order chi connectivity index (χ1) is 10.2. The molecule has 1 saturated carbocycles. The monoisotopic (exact) mass is 290 g/mol. The second-order valence-electron chi connectivity index (χ2n) is 5.94. The van der Waals surface area contributed by atoms with Crippen molar-refractivity contribution in [3.05, 3.63) is 35.9 Å². The molecule has 0 saturated heterocycles. The van der Waals surface area contributed by atoms with E-state index in [0.29, 0.717) is 24.9 Å². The highest BCUT2D eigenvalue weighted by Gasteiger charge is 2.22. The van der Waals surface area contributed by atoms with Gasteiger partial charge in [0.05, 0.1) is 6.10 Å². The minimum Gasteiger partial charge on any atom is -0.393 e. The van der Waals surface area contributed by atoms with E-state index in [1.807, 2.05) is 18.2 Å². The second-order valence-corrected chi connectivity index (χ2v) is 5.94. The molecule has 0 unspecified atom stereocenters. The number of hydrogen-bond donors (Lipinski definition) is 3. The summed E-state index contributed by atoms with van der Waals surface area (Å²) < 4.78 is 0. The minimum absolute atomic E-state index is 0.106. The molecule has 21 heavy (non-hydrogen) atoms. The Morgan fingerprint density at radius 3 is 2.67 bits per heavy atom. The Balaban J connectivity index is 1.70. The van der Waals surface area contributed by atoms with Gasteiger partial charge in [-0.2, -0.15) is 0 Å². The quantitative estimate of drug-likeness (QED) is 0.754. The third-order valence-corrected chi connectivity index (χ3v) is 4.34. The third kappa shape index (κ3) is 5.05. The van der Waals surface area contributed by atoms with E-state index in [-0.39, 0.29) is 12.1 Å². The number of carbonyl (C=O) groups is 1. The molecule has 3 N–H and O–H groups in total. The summed E-state index contributed by atoms with van der Waals surface area (Å²) in [5.74, 6) is 0.770. The minimum atomic E-state index is -0.178. The highest BCUT2D eigenvalue weighted by atomic mass is 16.3. The molecular weight excluding hydrogens is 264 g/mol. The molecule has 3 atom stereocenters. The Hall–Kier alpha value is -1.55. The van der Waals surface area contributed by atoms with Crippen LogP contribution >= 0.6 is 0 Å². The van der Waals surface area contributed by atoms with Crippen molar-refractivity contribution in [3.63, 3.8) is 0 Å². The highest BCUT2D eigenvalue weighted by Crippen LogP contribution is 2.24. The molecule has 116 valence electrons. The molecule has 0 aromatic heterocycles. The van der Waals surface area contributed by atoms with Crippen molar-refractivity contribution < 1.29 is 9.90 Å². The van der Waals surface area contributed by atoms with Crippen LogP contribution in [0.4, 0.5) is 4.79 Å². The van der Waals surface area contributed by atoms with Gasteiger partial charge in [0.1, 0.15) is 0 Å². The molecule has 0 aliphatic heterocycles. The van der Waals surface area contributed by atoms with E-state index in [1.54, 1.807) is 0 Å². The molecule has 1 aliphatic rings. The molecule has 4 nitrogen and oxygen atoms in total. The normalized spacial score (nSPS) is 22.8. The first-order valence-electron chi connectivity index (χ1n) is 7.93. The van der Waals surface area contributed by atoms with E-state index in [4.69, 9.17) is 0 Å². The van der Waals surface area contributed by atoms with Crippen molar-refractivity contribution in [1.82, 2.24) is 10.6 Å². The van der Waals surface area contributed by atoms with Gasteiger partial charge in [0.25, 0.3) is 0 Å². The Morgan fingerprint density at radius 2 is 2.05 bits per heavy atom. The number of aliphatic hydroxyl groups excluding tert-OH is 1. The summed E-state index contributed by atoms with van der Waals surface area (Å²) >= 11 is 0. The number of hydrogen-bond acceptors (Lipinski definition) is 2. The lowest BCUT2D eigenvalue weighted by Gasteiger charge is -2.17. The molecule has 1 fully saturated rings. The number of urea groups is 1. The summed E-state index contributed by atoms with van der Waals surface area (Å²) in [6.07, 6.45) is 3.49. The van der Waals surface area contributed by atoms with Crippen LogP contribution in [-0.4, -0.2) is 30.3 Å². The Morgan fingerprint density at radius 1 is 1.29 bits per heavy atom. The second kappa shape index (κ2) is 8.03. The molecule has 1 aromatic carbocycles. The third-order valence-electron chi connectivity index (χ3n) is 4.34. The molecular formula is C17H26N2O2. The van der Waals surface area contributed by atoms with Gasteiger partial charge in [-0.15, -0.1) is 0 Å². The van der Waals surface area contributed by atoms with E-state index in [2.05, 4.69) is 29.7 Å². The molecule has 2 rings (SSSR count). The average molecular weight is 290 g/mol. The molecule has 2 amide bonds. The van der Waals surface area contributed by atoms with E-state index in [1.165, 1.54) is 5.56 Å². The van der Waals surface area contributed by atoms with Gasteiger partial charge in [0.2, 0.25) is 0 Å². The average Bonchev–Trinajstić information content (AvgIpc) is 2.92. The fourth-order valence-corrected chi connectivity index (χ4v) is 2.97. The molecule has 0 bridgehead atoms. The summed E-state index contributed by atoms with van der Waals surface area (Å²) in [7, 11) is 0. The van der Waals surface area contributed by atoms with Gasteiger partial charge in [-0.05, 0) is 37.2 Å². The van der Waals surface area contributed by atoms with Crippen molar-refractivity contribution in [2.75, 3.05) is 13.1 Å². The van der Waals surface area contributed by atoms with Gasteiger partial charge >= 0.3 is 6.03 Å². The predicted octanol–water partition coefficient (Wildman–Crippen LogP) is 2.64. The van der Waals surface area contributed by atoms with Crippen LogP contribution in [0.5, 0.6) is 0 Å². The lowest BCUT2D eigenvalue weighted by atomic mass is 9.97. The smallest absolute Gasteiger partial charge is 0.314 e. The topological polar surface area (TPSA) is 61.4 Å². The summed E-state index contributed by atoms with van der Waals surface area (Å²) in [6, 6.07) is 10.2. The zero-order chi connectivity index (χ0) is 15.1. The van der Waals surface area contributed by atoms with Crippen LogP contribution in [0.2, 0.25) is 0 Å². The first-order valence-corrected chi connectivity index (χ1v) is 7.93. The van der Waals surface area contributed by atoms with Crippen molar-refractivity contribution in [3.8, 4) is 0 Å². The first kappa shape index (κ1) is 15.8. The van der Waals surface area contributed by atoms with E-state index in [0.717, 1.165) is 25.7 Å². The highest BCUT2D eigenvalue weighted by molar-refractivity contribution is 5.73. The molecule has 1 aliphatic carbocycles. The summed E-state index contributed by atoms with van der Waals surface area (Å²) in [4.78, 5) is 11.8. The zero-order valence-corrected chi connectivity index (χ0v) is 12.7. The standard InChI is InChI=1S/C17H26N2O2/c1-2-14(15-6-4-3-5-7-15)12-19-17(21)18-11-13-8-9-16(20)10-13/h3-7,13-14,16,20H,2,8-12H2,1H3,(H2,18,19,21)/t13-,14-,16+/m1/s1. The molecule has 0 radical (unpaired) electrons. The van der Waals surface area contributed by atoms with E-state index < -0.39 is 0 Å². The molecule has 0 heterocycles. The van der Waals surface area contributed by atoms with Crippen LogP contribution in [-0.2, 0) is 0 Å². The number of carbonyl (C=O) groups excluding carboxylic acids is 1. The van der Waals surface area contributed by atoms with Crippen LogP contribution in [0.25, 0.3) is 0 Å². The van der Waals surface area contributed by atoms with Crippen molar-refractivity contribution in [1.29, 1.82) is 0 Å². The van der Waals surface area contributed by atoms with Gasteiger partial charge in [-0.3, -0.25) is 0 Å². The van der Waals surface area contributed by atoms with Crippen molar-refractivity contribution >= 4 is 6.03 Å². The van der Waals surface area contributed by atoms with Gasteiger partial charge in [0, 0.05) is 19.0 Å². The number of amides is 2. The summed E-state index contributed by atoms with van der Waals surface area (Å²) in [5.41, 5.74) is 1.26. The fraction of sp³-hybridized carbons (Fsp3) is 0.588. The molecule has 1 aromatic rings. The van der Waals surface area contributed by atoms with Crippen molar-refractivity contribution in [2.24, 2.45) is 5.92 Å². The van der Waals surface area contributed by atoms with Gasteiger partial charge in [-0.1, -0.05) is 37.3 Å². The van der Waals surface area contributed by atoms with Crippen molar-refractivity contribution in [2.45, 2.75) is 44.6 Å². The lowest BCUT2D eigenvalue weighted by molar-refractivity contribution is 0.177. The van der Waals surface area contributed by atoms with Gasteiger partial charge < -0.3 is 15.7 Å². The Labute approximate surface area is 126 Å². The molecule has 4 heteroatoms. The Bertz CT molecular complexity index is 436. The van der Waals surface area contributed by atoms with Crippen LogP contribution in [0.1, 0.15) is 44.1 Å². The maximum Gasteiger partial charge on any atom is 0.314 e. The van der Waals surface area contributed by atoms with Crippen LogP contribution in [0.15, 0.2) is 30.3 Å². The van der Waals surface area contributed by atoms with Gasteiger partial charge in [0.15, 0.2) is 0 Å². The summed E-state index contributed by atoms with van der Waals surface area (Å²) in [6.45, 7) is 3.45. The molecule has 0 spiro atoms. The van der Waals surface area contributed by atoms with E-state index in [9.17, 15) is 9.90 Å². The largest absolute Gasteiger partial charge is 0.393 e. The zero-order valence-electron chi connectivity index (χ0n) is 12.7. The number of benzene rings is 1. The van der Waals surface area contributed by atoms with E-state index >= 15 is 0 Å². The number of nitrogens with one attached hydrogen (secondary N) is 2. The SMILES string of the molecule is CC[C@H](CNC(=O)NC[C@@H]1CC[C@H](O)C1)c1ccccc1. The summed E-state index contributed by atoms with van der Waals surface area (Å²) in [5, 5.41) is 15.3. The predicted molar refractivity (Wildman–Crippen MR) is 84.2 cm³/mol. The Kier molecular flexibility index (Phi) is 6.05. The maximum absolute atomic E-state index is 11.8. The lowest BCUT2D eigenvalue weighted by Crippen LogP contribution is -2.39. The van der Waals surface area contributed by atoms with Gasteiger partial charge in [-0.25, -0.2) is 4.79 Å². The van der Waals surface area contributed by atoms with Crippen LogP contribution < -0.4 is 10.6 Å². The number of rotatable bonds is 6. The van der Waals surface area contributed by atoms with Crippen LogP contribution in [0, 0.1) is 5.92 Å². The number of aliphatic hydroxyl groups is 1. The fourth-order valence-electron chi connectivity index (χ4n) is 2.97.